The van der Waals surface area contributed by atoms with Gasteiger partial charge in [0.15, 0.2) is 0 Å². The number of hydrogen-bond donors (Lipinski definition) is 6. The maximum absolute atomic E-state index is 13.4. The van der Waals surface area contributed by atoms with E-state index in [1.54, 1.807) is 38.1 Å². The Hall–Kier alpha value is -4.05. The molecule has 1 aromatic rings. The number of hydrogen-bond acceptors (Lipinski definition) is 8. The molecule has 0 bridgehead atoms. The maximum atomic E-state index is 13.4. The van der Waals surface area contributed by atoms with E-state index in [0.29, 0.717) is 0 Å². The summed E-state index contributed by atoms with van der Waals surface area (Å²) in [6.07, 6.45) is 1.21. The third kappa shape index (κ3) is 13.2. The summed E-state index contributed by atoms with van der Waals surface area (Å²) in [6, 6.07) is 4.74. The lowest BCUT2D eigenvalue weighted by molar-refractivity contribution is -0.139. The first-order valence-corrected chi connectivity index (χ1v) is 16.7. The van der Waals surface area contributed by atoms with Crippen molar-refractivity contribution in [1.29, 1.82) is 0 Å². The second-order valence-electron chi connectivity index (χ2n) is 11.4. The summed E-state index contributed by atoms with van der Waals surface area (Å²) in [7, 11) is -2.07. The monoisotopic (exact) mass is 651 g/mol. The summed E-state index contributed by atoms with van der Waals surface area (Å²) in [5, 5.41) is 13.2. The standard InChI is InChI=1S/C29H45N7O8S/c1-18(2)25-28(41)32-19(3)26(39)34-22(16-20-10-7-6-8-11-20)29(42)36(4)17-24(38)30-14-9-12-21(27(40)35-25)33-23(37)13-15-31-45(5,43)44/h6-8,10-11,18-19,21-22,25,31H,9,12-17H2,1-5H3,(H,30,38)(H,32,41)(H,33,37)(H,34,39)(H,35,40)/t19-,21+,22+,25-/m1/s1. The lowest BCUT2D eigenvalue weighted by atomic mass is 10.0. The molecule has 250 valence electrons. The van der Waals surface area contributed by atoms with Crippen molar-refractivity contribution < 1.29 is 37.2 Å². The van der Waals surface area contributed by atoms with Gasteiger partial charge in [-0.25, -0.2) is 13.1 Å². The van der Waals surface area contributed by atoms with Gasteiger partial charge in [-0.3, -0.25) is 28.8 Å². The van der Waals surface area contributed by atoms with Gasteiger partial charge >= 0.3 is 0 Å². The molecule has 1 heterocycles. The third-order valence-electron chi connectivity index (χ3n) is 7.01. The predicted octanol–water partition coefficient (Wildman–Crippen LogP) is -1.85. The number of rotatable bonds is 8. The van der Waals surface area contributed by atoms with Crippen LogP contribution in [0.4, 0.5) is 0 Å². The highest BCUT2D eigenvalue weighted by molar-refractivity contribution is 7.88. The van der Waals surface area contributed by atoms with Crippen molar-refractivity contribution in [2.45, 2.75) is 70.6 Å². The third-order valence-corrected chi connectivity index (χ3v) is 7.74. The van der Waals surface area contributed by atoms with E-state index < -0.39 is 75.6 Å². The molecule has 0 unspecified atom stereocenters. The minimum Gasteiger partial charge on any atom is -0.355 e. The first kappa shape index (κ1) is 37.1. The van der Waals surface area contributed by atoms with E-state index >= 15 is 0 Å². The van der Waals surface area contributed by atoms with Crippen molar-refractivity contribution in [2.75, 3.05) is 32.9 Å². The molecular weight excluding hydrogens is 606 g/mol. The Morgan fingerprint density at radius 1 is 1.00 bits per heavy atom. The largest absolute Gasteiger partial charge is 0.355 e. The van der Waals surface area contributed by atoms with Crippen molar-refractivity contribution in [1.82, 2.24) is 36.2 Å². The molecule has 1 aromatic carbocycles. The number of likely N-dealkylation sites (N-methyl/N-ethyl adjacent to an activating group) is 1. The fourth-order valence-electron chi connectivity index (χ4n) is 4.54. The Bertz CT molecular complexity index is 1320. The Labute approximate surface area is 264 Å². The molecular formula is C29H45N7O8S. The second-order valence-corrected chi connectivity index (χ2v) is 13.3. The molecule has 2 rings (SSSR count). The molecule has 1 aliphatic rings. The topological polar surface area (TPSA) is 212 Å². The van der Waals surface area contributed by atoms with Crippen LogP contribution in [0, 0.1) is 5.92 Å². The zero-order valence-corrected chi connectivity index (χ0v) is 27.2. The zero-order chi connectivity index (χ0) is 33.7. The fourth-order valence-corrected chi connectivity index (χ4v) is 5.01. The normalized spacial score (nSPS) is 23.2. The van der Waals surface area contributed by atoms with E-state index in [1.165, 1.54) is 18.9 Å². The number of amides is 6. The van der Waals surface area contributed by atoms with Gasteiger partial charge in [-0.1, -0.05) is 44.2 Å². The first-order chi connectivity index (χ1) is 21.1. The average molecular weight is 652 g/mol. The van der Waals surface area contributed by atoms with E-state index in [1.807, 2.05) is 6.07 Å². The highest BCUT2D eigenvalue weighted by Crippen LogP contribution is 2.09. The summed E-state index contributed by atoms with van der Waals surface area (Å²) in [5.41, 5.74) is 0.781. The van der Waals surface area contributed by atoms with Crippen molar-refractivity contribution >= 4 is 45.5 Å². The molecule has 0 radical (unpaired) electrons. The van der Waals surface area contributed by atoms with Gasteiger partial charge in [0.2, 0.25) is 45.5 Å². The van der Waals surface area contributed by atoms with Gasteiger partial charge in [0.1, 0.15) is 24.2 Å². The highest BCUT2D eigenvalue weighted by Gasteiger charge is 2.32. The molecule has 0 saturated carbocycles. The summed E-state index contributed by atoms with van der Waals surface area (Å²) in [6.45, 7) is 4.49. The highest BCUT2D eigenvalue weighted by atomic mass is 32.2. The number of benzene rings is 1. The van der Waals surface area contributed by atoms with Gasteiger partial charge in [-0.15, -0.1) is 0 Å². The van der Waals surface area contributed by atoms with Crippen LogP contribution in [0.3, 0.4) is 0 Å². The molecule has 1 aliphatic heterocycles. The lowest BCUT2D eigenvalue weighted by Crippen LogP contribution is -2.59. The minimum atomic E-state index is -3.52. The fraction of sp³-hybridized carbons (Fsp3) is 0.586. The van der Waals surface area contributed by atoms with Crippen molar-refractivity contribution in [3.8, 4) is 0 Å². The van der Waals surface area contributed by atoms with E-state index in [0.717, 1.165) is 11.8 Å². The summed E-state index contributed by atoms with van der Waals surface area (Å²) < 4.78 is 24.8. The number of sulfonamides is 1. The molecule has 45 heavy (non-hydrogen) atoms. The zero-order valence-electron chi connectivity index (χ0n) is 26.3. The molecule has 6 amide bonds. The summed E-state index contributed by atoms with van der Waals surface area (Å²) >= 11 is 0. The Kier molecular flexibility index (Phi) is 14.4. The number of nitrogens with zero attached hydrogens (tertiary/aromatic N) is 1. The van der Waals surface area contributed by atoms with Gasteiger partial charge < -0.3 is 31.5 Å². The Balaban J connectivity index is 2.28. The van der Waals surface area contributed by atoms with E-state index in [2.05, 4.69) is 31.3 Å². The minimum absolute atomic E-state index is 0.0799. The molecule has 0 aromatic heterocycles. The van der Waals surface area contributed by atoms with Crippen LogP contribution in [-0.4, -0.2) is 106 Å². The van der Waals surface area contributed by atoms with Crippen LogP contribution < -0.4 is 31.3 Å². The van der Waals surface area contributed by atoms with Crippen molar-refractivity contribution in [3.05, 3.63) is 35.9 Å². The molecule has 0 aliphatic carbocycles. The van der Waals surface area contributed by atoms with Crippen molar-refractivity contribution in [3.63, 3.8) is 0 Å². The molecule has 1 saturated heterocycles. The smallest absolute Gasteiger partial charge is 0.245 e. The predicted molar refractivity (Wildman–Crippen MR) is 166 cm³/mol. The van der Waals surface area contributed by atoms with Crippen LogP contribution in [0.1, 0.15) is 45.6 Å². The second kappa shape index (κ2) is 17.4. The van der Waals surface area contributed by atoms with Crippen LogP contribution in [0.2, 0.25) is 0 Å². The number of carbonyl (C=O) groups is 6. The van der Waals surface area contributed by atoms with Crippen molar-refractivity contribution in [2.24, 2.45) is 5.92 Å². The van der Waals surface area contributed by atoms with Crippen LogP contribution in [0.15, 0.2) is 30.3 Å². The van der Waals surface area contributed by atoms with E-state index in [4.69, 9.17) is 0 Å². The van der Waals surface area contributed by atoms with Crippen LogP contribution in [-0.2, 0) is 45.2 Å². The first-order valence-electron chi connectivity index (χ1n) is 14.8. The summed E-state index contributed by atoms with van der Waals surface area (Å²) in [4.78, 5) is 79.5. The van der Waals surface area contributed by atoms with Gasteiger partial charge in [0.05, 0.1) is 12.8 Å². The van der Waals surface area contributed by atoms with Crippen LogP contribution >= 0.6 is 0 Å². The Morgan fingerprint density at radius 3 is 2.29 bits per heavy atom. The van der Waals surface area contributed by atoms with Gasteiger partial charge in [0.25, 0.3) is 0 Å². The number of nitrogens with one attached hydrogen (secondary N) is 6. The molecule has 4 atom stereocenters. The van der Waals surface area contributed by atoms with Gasteiger partial charge in [-0.05, 0) is 31.2 Å². The van der Waals surface area contributed by atoms with E-state index in [-0.39, 0.29) is 45.3 Å². The van der Waals surface area contributed by atoms with Gasteiger partial charge in [-0.2, -0.15) is 0 Å². The molecule has 1 fully saturated rings. The van der Waals surface area contributed by atoms with Crippen LogP contribution in [0.25, 0.3) is 0 Å². The quantitative estimate of drug-likeness (QED) is 0.187. The summed E-state index contributed by atoms with van der Waals surface area (Å²) in [5.74, 6) is -3.91. The van der Waals surface area contributed by atoms with E-state index in [9.17, 15) is 37.2 Å². The molecule has 6 N–H and O–H groups in total. The molecule has 0 spiro atoms. The lowest BCUT2D eigenvalue weighted by Gasteiger charge is -2.28. The van der Waals surface area contributed by atoms with Gasteiger partial charge in [0, 0.05) is 33.0 Å². The SMILES string of the molecule is CC(C)[C@H]1NC(=O)[C@@H](NC(=O)CCNS(C)(=O)=O)CCCNC(=O)CN(C)C(=O)[C@H](Cc2ccccc2)NC(=O)[C@@H](C)NC1=O. The Morgan fingerprint density at radius 2 is 1.67 bits per heavy atom. The molecule has 15 nitrogen and oxygen atoms in total. The van der Waals surface area contributed by atoms with Crippen LogP contribution in [0.5, 0.6) is 0 Å². The average Bonchev–Trinajstić information content (AvgIpc) is 2.95. The molecule has 16 heteroatoms. The maximum Gasteiger partial charge on any atom is 0.245 e. The number of carbonyl (C=O) groups excluding carboxylic acids is 6.